The fourth-order valence-corrected chi connectivity index (χ4v) is 1.59. The standard InChI is InChI=1S/C11H15N5O/c12-11(17)9-1-2-10(16-15-9)14-7-8-3-5-13-6-4-8/h1-3,13H,4-7H2,(H2,12,17)(H,14,16). The second-order valence-corrected chi connectivity index (χ2v) is 3.84. The topological polar surface area (TPSA) is 92.9 Å². The van der Waals surface area contributed by atoms with Crippen LogP contribution in [0, 0.1) is 0 Å². The fourth-order valence-electron chi connectivity index (χ4n) is 1.59. The number of nitrogens with zero attached hydrogens (tertiary/aromatic N) is 2. The molecule has 0 spiro atoms. The summed E-state index contributed by atoms with van der Waals surface area (Å²) < 4.78 is 0. The third-order valence-electron chi connectivity index (χ3n) is 2.57. The van der Waals surface area contributed by atoms with Gasteiger partial charge in [-0.2, -0.15) is 0 Å². The van der Waals surface area contributed by atoms with Crippen LogP contribution in [0.15, 0.2) is 23.8 Å². The molecule has 0 radical (unpaired) electrons. The Labute approximate surface area is 99.3 Å². The number of carbonyl (C=O) groups is 1. The molecular weight excluding hydrogens is 218 g/mol. The zero-order chi connectivity index (χ0) is 12.1. The summed E-state index contributed by atoms with van der Waals surface area (Å²) in [5.41, 5.74) is 6.61. The molecule has 1 aromatic rings. The van der Waals surface area contributed by atoms with Crippen molar-refractivity contribution in [1.29, 1.82) is 0 Å². The first kappa shape index (κ1) is 11.5. The maximum atomic E-state index is 10.8. The van der Waals surface area contributed by atoms with E-state index < -0.39 is 5.91 Å². The summed E-state index contributed by atoms with van der Waals surface area (Å²) in [5, 5.41) is 14.0. The number of amides is 1. The minimum Gasteiger partial charge on any atom is -0.365 e. The van der Waals surface area contributed by atoms with Gasteiger partial charge in [-0.05, 0) is 25.1 Å². The molecule has 0 saturated heterocycles. The van der Waals surface area contributed by atoms with Gasteiger partial charge in [0, 0.05) is 13.1 Å². The Balaban J connectivity index is 1.90. The average Bonchev–Trinajstić information content (AvgIpc) is 2.38. The van der Waals surface area contributed by atoms with E-state index in [4.69, 9.17) is 5.73 Å². The Hall–Kier alpha value is -1.95. The number of hydrogen-bond acceptors (Lipinski definition) is 5. The van der Waals surface area contributed by atoms with Gasteiger partial charge < -0.3 is 16.4 Å². The third-order valence-corrected chi connectivity index (χ3v) is 2.57. The molecule has 17 heavy (non-hydrogen) atoms. The quantitative estimate of drug-likeness (QED) is 0.632. The van der Waals surface area contributed by atoms with Crippen LogP contribution in [0.25, 0.3) is 0 Å². The van der Waals surface area contributed by atoms with Gasteiger partial charge in [0.2, 0.25) is 0 Å². The van der Waals surface area contributed by atoms with Crippen molar-refractivity contribution in [2.45, 2.75) is 6.42 Å². The molecule has 90 valence electrons. The number of carbonyl (C=O) groups excluding carboxylic acids is 1. The van der Waals surface area contributed by atoms with E-state index in [0.29, 0.717) is 5.82 Å². The smallest absolute Gasteiger partial charge is 0.269 e. The second kappa shape index (κ2) is 5.40. The lowest BCUT2D eigenvalue weighted by atomic mass is 10.1. The number of nitrogens with two attached hydrogens (primary N) is 1. The Kier molecular flexibility index (Phi) is 3.66. The summed E-state index contributed by atoms with van der Waals surface area (Å²) in [6, 6.07) is 3.27. The summed E-state index contributed by atoms with van der Waals surface area (Å²) in [6.07, 6.45) is 3.21. The van der Waals surface area contributed by atoms with Crippen molar-refractivity contribution in [2.75, 3.05) is 25.0 Å². The van der Waals surface area contributed by atoms with Gasteiger partial charge in [0.05, 0.1) is 0 Å². The molecule has 0 aliphatic carbocycles. The van der Waals surface area contributed by atoms with Crippen molar-refractivity contribution in [2.24, 2.45) is 5.73 Å². The van der Waals surface area contributed by atoms with Crippen LogP contribution < -0.4 is 16.4 Å². The van der Waals surface area contributed by atoms with Gasteiger partial charge in [-0.1, -0.05) is 11.6 Å². The molecule has 1 aromatic heterocycles. The highest BCUT2D eigenvalue weighted by atomic mass is 16.1. The number of aromatic nitrogens is 2. The summed E-state index contributed by atoms with van der Waals surface area (Å²) in [6.45, 7) is 2.69. The van der Waals surface area contributed by atoms with Crippen molar-refractivity contribution in [3.05, 3.63) is 29.5 Å². The minimum atomic E-state index is -0.565. The van der Waals surface area contributed by atoms with E-state index in [1.165, 1.54) is 5.57 Å². The molecule has 1 amide bonds. The summed E-state index contributed by atoms with van der Waals surface area (Å²) >= 11 is 0. The molecule has 0 fully saturated rings. The average molecular weight is 233 g/mol. The zero-order valence-electron chi connectivity index (χ0n) is 9.44. The van der Waals surface area contributed by atoms with Crippen molar-refractivity contribution in [1.82, 2.24) is 15.5 Å². The zero-order valence-corrected chi connectivity index (χ0v) is 9.44. The normalized spacial score (nSPS) is 15.2. The van der Waals surface area contributed by atoms with Crippen LogP contribution in [-0.2, 0) is 0 Å². The fraction of sp³-hybridized carbons (Fsp3) is 0.364. The number of hydrogen-bond donors (Lipinski definition) is 3. The second-order valence-electron chi connectivity index (χ2n) is 3.84. The Morgan fingerprint density at radius 2 is 2.35 bits per heavy atom. The predicted octanol–water partition coefficient (Wildman–Crippen LogP) is -0.0929. The van der Waals surface area contributed by atoms with Crippen LogP contribution in [0.3, 0.4) is 0 Å². The van der Waals surface area contributed by atoms with E-state index in [9.17, 15) is 4.79 Å². The van der Waals surface area contributed by atoms with Gasteiger partial charge in [0.25, 0.3) is 5.91 Å². The SMILES string of the molecule is NC(=O)c1ccc(NCC2=CCNCC2)nn1. The van der Waals surface area contributed by atoms with Crippen LogP contribution >= 0.6 is 0 Å². The maximum absolute atomic E-state index is 10.8. The molecule has 1 aliphatic rings. The molecule has 0 saturated carbocycles. The van der Waals surface area contributed by atoms with Gasteiger partial charge in [-0.15, -0.1) is 10.2 Å². The molecule has 0 bridgehead atoms. The van der Waals surface area contributed by atoms with Crippen LogP contribution in [0.4, 0.5) is 5.82 Å². The molecule has 0 unspecified atom stereocenters. The Bertz CT molecular complexity index is 426. The van der Waals surface area contributed by atoms with E-state index in [0.717, 1.165) is 26.1 Å². The molecule has 6 heteroatoms. The minimum absolute atomic E-state index is 0.177. The van der Waals surface area contributed by atoms with Gasteiger partial charge in [-0.3, -0.25) is 4.79 Å². The highest BCUT2D eigenvalue weighted by Crippen LogP contribution is 2.07. The number of primary amides is 1. The molecule has 0 aromatic carbocycles. The lowest BCUT2D eigenvalue weighted by Crippen LogP contribution is -2.23. The predicted molar refractivity (Wildman–Crippen MR) is 64.6 cm³/mol. The van der Waals surface area contributed by atoms with E-state index >= 15 is 0 Å². The number of rotatable bonds is 4. The molecule has 0 atom stereocenters. The van der Waals surface area contributed by atoms with E-state index in [1.807, 2.05) is 0 Å². The van der Waals surface area contributed by atoms with Gasteiger partial charge in [-0.25, -0.2) is 0 Å². The van der Waals surface area contributed by atoms with Gasteiger partial charge >= 0.3 is 0 Å². The van der Waals surface area contributed by atoms with E-state index in [2.05, 4.69) is 26.9 Å². The van der Waals surface area contributed by atoms with Crippen molar-refractivity contribution >= 4 is 11.7 Å². The van der Waals surface area contributed by atoms with Gasteiger partial charge in [0.1, 0.15) is 5.82 Å². The van der Waals surface area contributed by atoms with E-state index in [-0.39, 0.29) is 5.69 Å². The van der Waals surface area contributed by atoms with Crippen molar-refractivity contribution in [3.8, 4) is 0 Å². The van der Waals surface area contributed by atoms with Gasteiger partial charge in [0.15, 0.2) is 5.69 Å². The van der Waals surface area contributed by atoms with Crippen LogP contribution in [0.2, 0.25) is 0 Å². The van der Waals surface area contributed by atoms with Crippen LogP contribution in [-0.4, -0.2) is 35.7 Å². The van der Waals surface area contributed by atoms with Crippen LogP contribution in [0.5, 0.6) is 0 Å². The molecular formula is C11H15N5O. The third kappa shape index (κ3) is 3.25. The van der Waals surface area contributed by atoms with E-state index in [1.54, 1.807) is 12.1 Å². The monoisotopic (exact) mass is 233 g/mol. The van der Waals surface area contributed by atoms with Crippen molar-refractivity contribution < 1.29 is 4.79 Å². The summed E-state index contributed by atoms with van der Waals surface area (Å²) in [4.78, 5) is 10.8. The number of anilines is 1. The Morgan fingerprint density at radius 3 is 2.94 bits per heavy atom. The first-order valence-corrected chi connectivity index (χ1v) is 5.52. The highest BCUT2D eigenvalue weighted by molar-refractivity contribution is 5.90. The maximum Gasteiger partial charge on any atom is 0.269 e. The first-order valence-electron chi connectivity index (χ1n) is 5.52. The lowest BCUT2D eigenvalue weighted by molar-refractivity contribution is 0.0994. The molecule has 6 nitrogen and oxygen atoms in total. The van der Waals surface area contributed by atoms with Crippen LogP contribution in [0.1, 0.15) is 16.9 Å². The van der Waals surface area contributed by atoms with Crippen molar-refractivity contribution in [3.63, 3.8) is 0 Å². The molecule has 1 aliphatic heterocycles. The Morgan fingerprint density at radius 1 is 1.47 bits per heavy atom. The lowest BCUT2D eigenvalue weighted by Gasteiger charge is -2.14. The molecule has 2 heterocycles. The summed E-state index contributed by atoms with van der Waals surface area (Å²) in [7, 11) is 0. The summed E-state index contributed by atoms with van der Waals surface area (Å²) in [5.74, 6) is 0.0829. The highest BCUT2D eigenvalue weighted by Gasteiger charge is 2.05. The molecule has 4 N–H and O–H groups in total. The largest absolute Gasteiger partial charge is 0.365 e. The first-order chi connectivity index (χ1) is 8.25. The molecule has 2 rings (SSSR count). The number of nitrogens with one attached hydrogen (secondary N) is 2.